The Balaban J connectivity index is -0.00000882. The molecule has 2 aromatic heterocycles. The molecular weight excluding hydrogens is 1440 g/mol. The molecule has 38 nitrogen and oxygen atoms in total. The van der Waals surface area contributed by atoms with Gasteiger partial charge < -0.3 is 97.3 Å². The van der Waals surface area contributed by atoms with Crippen molar-refractivity contribution in [1.82, 2.24) is 0 Å². The van der Waals surface area contributed by atoms with Crippen LogP contribution in [-0.2, 0) is 72.8 Å². The molecule has 0 aliphatic carbocycles. The summed E-state index contributed by atoms with van der Waals surface area (Å²) in [6, 6.07) is 4.22. The number of hydrogen-bond donors (Lipinski definition) is 2. The summed E-state index contributed by atoms with van der Waals surface area (Å²) in [6.45, 7) is -1.74. The van der Waals surface area contributed by atoms with E-state index >= 15 is 0 Å². The van der Waals surface area contributed by atoms with Crippen LogP contribution in [0.15, 0.2) is 79.1 Å². The van der Waals surface area contributed by atoms with Crippen LogP contribution in [0.5, 0.6) is 57.5 Å². The second-order valence-electron chi connectivity index (χ2n) is 14.1. The topological polar surface area (TPSA) is 617 Å². The Labute approximate surface area is 668 Å². The zero-order valence-corrected chi connectivity index (χ0v) is 67.3. The Morgan fingerprint density at radius 2 is 0.644 bits per heavy atom. The van der Waals surface area contributed by atoms with Gasteiger partial charge in [-0.15, -0.1) is 0 Å². The fraction of sp³-hybridized carbons (Fsp3) is 0.0909. The van der Waals surface area contributed by atoms with Crippen molar-refractivity contribution in [2.45, 2.75) is 6.42 Å². The molecule has 0 saturated carbocycles. The standard InChI is InChI=1S/C33H26O38S8.8Na/c34-28-26-22(10-16(64-72(36,37)38)12-24(26)62-30(32(28)70-78(54,55)56)14-2-4-18(66-74(42,43)44)20(8-14)68-76(48,49)50)60-6-1-7-61-23-11-17(65-73(39,40)41)13-25-27(23)29(35)33(71-79(57,58)59)31(63-25)15-3-5-19(67-75(45,46)47)21(9-15)69-77(51,52)53;;;;;;;;/h2-5,8-13,48-50H,1,6-7H2,(H,36,37,38)(H,39,40,41)(H,42,43,44)(H,45,46,47)(H,51,52,53)(H,54,55,56)(H,57,58,59);;;;;;;;/q;8*+1/p-8. The first kappa shape index (κ1) is 92.1. The minimum Gasteiger partial charge on any atom is -0.742 e. The smallest absolute Gasteiger partial charge is 0.742 e. The maximum atomic E-state index is 14.0. The molecule has 0 aliphatic rings. The van der Waals surface area contributed by atoms with Gasteiger partial charge in [-0.2, -0.15) is 0 Å². The summed E-state index contributed by atoms with van der Waals surface area (Å²) in [4.78, 5) is 28.0. The van der Waals surface area contributed by atoms with E-state index in [-0.39, 0.29) is 243 Å². The van der Waals surface area contributed by atoms with Crippen molar-refractivity contribution in [3.63, 3.8) is 0 Å². The number of hydrogen-bond acceptors (Lipinski definition) is 38. The number of ether oxygens (including phenoxy) is 2. The second-order valence-corrected chi connectivity index (χ2v) is 22.1. The van der Waals surface area contributed by atoms with Gasteiger partial charge in [0.05, 0.1) is 24.4 Å². The van der Waals surface area contributed by atoms with E-state index < -0.39 is 217 Å². The van der Waals surface area contributed by atoms with E-state index in [2.05, 4.69) is 33.5 Å². The Morgan fingerprint density at radius 1 is 0.356 bits per heavy atom. The first-order chi connectivity index (χ1) is 35.9. The maximum Gasteiger partial charge on any atom is 1.00 e. The monoisotopic (exact) mass is 1460 g/mol. The van der Waals surface area contributed by atoms with Crippen molar-refractivity contribution < 1.29 is 393 Å². The molecule has 54 heteroatoms. The summed E-state index contributed by atoms with van der Waals surface area (Å²) in [6.07, 6.45) is -0.615. The Hall–Kier alpha value is 0.900. The molecule has 6 rings (SSSR count). The summed E-state index contributed by atoms with van der Waals surface area (Å²) in [5, 5.41) is -2.08. The Bertz CT molecular complexity index is 4430. The van der Waals surface area contributed by atoms with E-state index in [0.29, 0.717) is 54.6 Å². The summed E-state index contributed by atoms with van der Waals surface area (Å²) < 4.78 is 329. The van der Waals surface area contributed by atoms with E-state index in [1.54, 1.807) is 0 Å². The van der Waals surface area contributed by atoms with Gasteiger partial charge in [-0.3, -0.25) is 9.59 Å². The summed E-state index contributed by atoms with van der Waals surface area (Å²) in [7, 11) is -41.1. The zero-order chi connectivity index (χ0) is 59.2. The van der Waals surface area contributed by atoms with Crippen LogP contribution in [-0.4, -0.2) is 118 Å². The van der Waals surface area contributed by atoms with Crippen LogP contribution < -0.4 is 290 Å². The van der Waals surface area contributed by atoms with Crippen LogP contribution in [0, 0.1) is 0 Å². The predicted octanol–water partition coefficient (Wildman–Crippen LogP) is -24.8. The molecule has 4 aromatic carbocycles. The van der Waals surface area contributed by atoms with Gasteiger partial charge in [0.2, 0.25) is 22.4 Å². The van der Waals surface area contributed by atoms with Gasteiger partial charge in [0, 0.05) is 41.8 Å². The zero-order valence-electron chi connectivity index (χ0n) is 44.8. The van der Waals surface area contributed by atoms with Crippen molar-refractivity contribution in [2.24, 2.45) is 0 Å². The van der Waals surface area contributed by atoms with Gasteiger partial charge in [0.1, 0.15) is 44.9 Å². The number of rotatable bonds is 24. The normalized spacial score (nSPS) is 11.9. The van der Waals surface area contributed by atoms with Crippen LogP contribution in [0.3, 0.4) is 0 Å². The molecule has 0 bridgehead atoms. The number of benzene rings is 4. The molecule has 0 fully saturated rings. The Morgan fingerprint density at radius 3 is 0.931 bits per heavy atom. The molecule has 0 saturated heterocycles. The second kappa shape index (κ2) is 35.8. The minimum absolute atomic E-state index is 0. The van der Waals surface area contributed by atoms with Gasteiger partial charge in [-0.05, 0) is 36.4 Å². The van der Waals surface area contributed by atoms with E-state index in [0.717, 1.165) is 0 Å². The average Bonchev–Trinajstić information content (AvgIpc) is 3.22. The SMILES string of the molecule is O=c1c(OS(=O)(=O)[O-])c(-c2ccc(OS(=O)(=O)[O-])c(OS([O-])(O)O)c2)oc2cc(OS(=O)(=O)[O-])cc(OCCCOc3cc(OS(=O)(=O)[O-])cc4oc(-c5ccc(OS(=O)(=O)[O-])c(OS(=O)(=O)[O-])c5)c(OS(=O)(=O)[O-])c(=O)c34)c12.[Na+].[Na+].[Na+].[Na+].[Na+].[Na+].[Na+].[Na+]. The third-order valence-electron chi connectivity index (χ3n) is 8.54. The average molecular weight is 1460 g/mol. The largest absolute Gasteiger partial charge is 1.00 e. The molecule has 2 N–H and O–H groups in total. The number of fused-ring (bicyclic) bond motifs is 2. The third-order valence-corrected chi connectivity index (χ3v) is 11.6. The van der Waals surface area contributed by atoms with Crippen LogP contribution in [0.25, 0.3) is 44.6 Å². The third kappa shape index (κ3) is 29.0. The van der Waals surface area contributed by atoms with Crippen molar-refractivity contribution in [2.75, 3.05) is 13.2 Å². The fourth-order valence-electron chi connectivity index (χ4n) is 6.22. The first-order valence-electron chi connectivity index (χ1n) is 19.0. The van der Waals surface area contributed by atoms with Crippen molar-refractivity contribution in [1.29, 1.82) is 0 Å². The van der Waals surface area contributed by atoms with Crippen molar-refractivity contribution in [3.05, 3.63) is 81.1 Å². The summed E-state index contributed by atoms with van der Waals surface area (Å²) in [5.41, 5.74) is -7.32. The van der Waals surface area contributed by atoms with Gasteiger partial charge in [0.15, 0.2) is 34.5 Å². The molecule has 2 heterocycles. The quantitative estimate of drug-likeness (QED) is 0.0246. The van der Waals surface area contributed by atoms with Crippen LogP contribution in [0.4, 0.5) is 0 Å². The van der Waals surface area contributed by atoms with E-state index in [4.69, 9.17) is 18.3 Å². The van der Waals surface area contributed by atoms with Crippen molar-refractivity contribution >= 4 is 106 Å². The van der Waals surface area contributed by atoms with Crippen LogP contribution in [0.1, 0.15) is 6.42 Å². The molecule has 0 unspecified atom stereocenters. The van der Waals surface area contributed by atoms with Crippen LogP contribution >= 0.6 is 11.2 Å². The first-order valence-corrected chi connectivity index (χ1v) is 29.7. The fourth-order valence-corrected chi connectivity index (χ4v) is 9.02. The molecule has 0 aliphatic heterocycles. The van der Waals surface area contributed by atoms with Gasteiger partial charge in [-0.25, -0.2) is 58.9 Å². The van der Waals surface area contributed by atoms with Gasteiger partial charge >= 0.3 is 236 Å². The molecule has 6 aromatic rings. The van der Waals surface area contributed by atoms with Gasteiger partial charge in [0.25, 0.3) is 72.8 Å². The molecule has 0 spiro atoms. The van der Waals surface area contributed by atoms with E-state index in [9.17, 15) is 114 Å². The molecule has 0 amide bonds. The molecule has 87 heavy (non-hydrogen) atoms. The molecular formula is C33H18Na8O38S8. The molecule has 0 radical (unpaired) electrons. The predicted molar refractivity (Wildman–Crippen MR) is 238 cm³/mol. The van der Waals surface area contributed by atoms with E-state index in [1.807, 2.05) is 0 Å². The summed E-state index contributed by atoms with van der Waals surface area (Å²) >= 11 is -5.41. The molecule has 434 valence electrons. The van der Waals surface area contributed by atoms with E-state index in [1.165, 1.54) is 0 Å². The summed E-state index contributed by atoms with van der Waals surface area (Å²) in [5.74, 6) is -15.5. The maximum absolute atomic E-state index is 14.0. The Kier molecular flexibility index (Phi) is 37.9. The van der Waals surface area contributed by atoms with Gasteiger partial charge in [-0.1, -0.05) is 0 Å². The molecule has 0 atom stereocenters. The van der Waals surface area contributed by atoms with Crippen molar-refractivity contribution in [3.8, 4) is 80.1 Å². The minimum atomic E-state index is -6.08. The van der Waals surface area contributed by atoms with Crippen LogP contribution in [0.2, 0.25) is 0 Å².